The van der Waals surface area contributed by atoms with Crippen LogP contribution >= 0.6 is 0 Å². The average Bonchev–Trinajstić information content (AvgIpc) is 2.73. The van der Waals surface area contributed by atoms with Crippen LogP contribution in [0.15, 0.2) is 58.4 Å². The summed E-state index contributed by atoms with van der Waals surface area (Å²) in [6.07, 6.45) is 1.49. The number of amides is 1. The third-order valence-corrected chi connectivity index (χ3v) is 4.95. The summed E-state index contributed by atoms with van der Waals surface area (Å²) >= 11 is 0. The Morgan fingerprint density at radius 1 is 1.00 bits per heavy atom. The Hall–Kier alpha value is -3.29. The van der Waals surface area contributed by atoms with Gasteiger partial charge >= 0.3 is 6.09 Å². The number of rotatable bonds is 4. The number of pyridine rings is 1. The lowest BCUT2D eigenvalue weighted by atomic mass is 10.1. The molecule has 0 atom stereocenters. The lowest BCUT2D eigenvalue weighted by Gasteiger charge is -2.36. The van der Waals surface area contributed by atoms with Gasteiger partial charge in [0.05, 0.1) is 13.1 Å². The summed E-state index contributed by atoms with van der Waals surface area (Å²) in [5.74, 6) is 0.476. The van der Waals surface area contributed by atoms with Gasteiger partial charge in [-0.05, 0) is 38.0 Å². The highest BCUT2D eigenvalue weighted by Gasteiger charge is 2.26. The molecule has 0 aliphatic carbocycles. The topological polar surface area (TPSA) is 93.2 Å². The number of guanidine groups is 1. The van der Waals surface area contributed by atoms with Gasteiger partial charge in [0, 0.05) is 38.4 Å². The van der Waals surface area contributed by atoms with Crippen LogP contribution in [0.1, 0.15) is 31.9 Å². The van der Waals surface area contributed by atoms with Crippen LogP contribution in [-0.2, 0) is 17.8 Å². The van der Waals surface area contributed by atoms with E-state index in [0.29, 0.717) is 45.2 Å². The fraction of sp³-hybridized carbons (Fsp3) is 0.435. The molecule has 1 fully saturated rings. The zero-order valence-electron chi connectivity index (χ0n) is 18.5. The van der Waals surface area contributed by atoms with Crippen molar-refractivity contribution in [2.24, 2.45) is 10.7 Å². The van der Waals surface area contributed by atoms with Gasteiger partial charge in [0.25, 0.3) is 5.56 Å². The summed E-state index contributed by atoms with van der Waals surface area (Å²) in [5, 5.41) is 0. The van der Waals surface area contributed by atoms with Gasteiger partial charge < -0.3 is 24.8 Å². The molecule has 1 aromatic heterocycles. The highest BCUT2D eigenvalue weighted by molar-refractivity contribution is 5.78. The van der Waals surface area contributed by atoms with Crippen LogP contribution in [-0.4, -0.2) is 58.2 Å². The summed E-state index contributed by atoms with van der Waals surface area (Å²) in [6.45, 7) is 8.95. The van der Waals surface area contributed by atoms with Crippen molar-refractivity contribution >= 4 is 12.1 Å². The van der Waals surface area contributed by atoms with Crippen molar-refractivity contribution in [2.75, 3.05) is 26.2 Å². The second-order valence-corrected chi connectivity index (χ2v) is 8.61. The first kappa shape index (κ1) is 22.4. The van der Waals surface area contributed by atoms with Crippen LogP contribution < -0.4 is 11.3 Å². The number of piperazine rings is 1. The number of aliphatic imine (C=N–C) groups is 1. The number of nitrogens with zero attached hydrogens (tertiary/aromatic N) is 4. The molecule has 1 aliphatic rings. The standard InChI is InChI=1S/C23H31N5O3/c1-23(2,3)31-22(30)27-14-12-26(13-15-27)21(24)25-16-18-7-9-19(10-8-18)17-28-11-5-4-6-20(28)29/h4-11H,12-17H2,1-3H3,(H2,24,25). The third kappa shape index (κ3) is 6.60. The van der Waals surface area contributed by atoms with Crippen LogP contribution in [0.2, 0.25) is 0 Å². The Morgan fingerprint density at radius 3 is 2.23 bits per heavy atom. The Labute approximate surface area is 182 Å². The van der Waals surface area contributed by atoms with Crippen molar-refractivity contribution < 1.29 is 9.53 Å². The van der Waals surface area contributed by atoms with E-state index in [-0.39, 0.29) is 11.7 Å². The van der Waals surface area contributed by atoms with E-state index < -0.39 is 5.60 Å². The Balaban J connectivity index is 1.50. The minimum Gasteiger partial charge on any atom is -0.444 e. The highest BCUT2D eigenvalue weighted by Crippen LogP contribution is 2.12. The molecule has 0 unspecified atom stereocenters. The third-order valence-electron chi connectivity index (χ3n) is 4.95. The molecule has 0 spiro atoms. The lowest BCUT2D eigenvalue weighted by Crippen LogP contribution is -2.53. The minimum absolute atomic E-state index is 0.0179. The van der Waals surface area contributed by atoms with Crippen molar-refractivity contribution in [3.8, 4) is 0 Å². The van der Waals surface area contributed by atoms with Gasteiger partial charge in [-0.15, -0.1) is 0 Å². The van der Waals surface area contributed by atoms with Crippen LogP contribution in [0.5, 0.6) is 0 Å². The van der Waals surface area contributed by atoms with E-state index in [4.69, 9.17) is 10.5 Å². The SMILES string of the molecule is CC(C)(C)OC(=O)N1CCN(C(N)=NCc2ccc(Cn3ccccc3=O)cc2)CC1. The van der Waals surface area contributed by atoms with Crippen LogP contribution in [0.25, 0.3) is 0 Å². The van der Waals surface area contributed by atoms with Crippen LogP contribution in [0, 0.1) is 0 Å². The first-order valence-electron chi connectivity index (χ1n) is 10.5. The number of carbonyl (C=O) groups excluding carboxylic acids is 1. The molecule has 1 aliphatic heterocycles. The normalized spacial score (nSPS) is 15.1. The van der Waals surface area contributed by atoms with E-state index in [9.17, 15) is 9.59 Å². The first-order valence-corrected chi connectivity index (χ1v) is 10.5. The van der Waals surface area contributed by atoms with Gasteiger partial charge in [0.2, 0.25) is 0 Å². The number of aromatic nitrogens is 1. The summed E-state index contributed by atoms with van der Waals surface area (Å²) in [5.41, 5.74) is 7.74. The zero-order valence-corrected chi connectivity index (χ0v) is 18.5. The predicted molar refractivity (Wildman–Crippen MR) is 121 cm³/mol. The van der Waals surface area contributed by atoms with Gasteiger partial charge in [-0.1, -0.05) is 30.3 Å². The quantitative estimate of drug-likeness (QED) is 0.599. The second kappa shape index (κ2) is 9.68. The zero-order chi connectivity index (χ0) is 22.4. The van der Waals surface area contributed by atoms with Gasteiger partial charge in [-0.25, -0.2) is 9.79 Å². The first-order chi connectivity index (χ1) is 14.7. The Bertz CT molecular complexity index is 968. The van der Waals surface area contributed by atoms with Crippen molar-refractivity contribution in [3.63, 3.8) is 0 Å². The fourth-order valence-electron chi connectivity index (χ4n) is 3.25. The molecule has 1 aromatic carbocycles. The number of hydrogen-bond donors (Lipinski definition) is 1. The lowest BCUT2D eigenvalue weighted by molar-refractivity contribution is 0.0186. The fourth-order valence-corrected chi connectivity index (χ4v) is 3.25. The van der Waals surface area contributed by atoms with E-state index in [1.807, 2.05) is 56.0 Å². The molecule has 0 radical (unpaired) electrons. The maximum absolute atomic E-state index is 12.2. The molecule has 3 rings (SSSR count). The van der Waals surface area contributed by atoms with Gasteiger partial charge in [-0.3, -0.25) is 4.79 Å². The maximum Gasteiger partial charge on any atom is 0.410 e. The smallest absolute Gasteiger partial charge is 0.410 e. The molecule has 1 saturated heterocycles. The summed E-state index contributed by atoms with van der Waals surface area (Å²) < 4.78 is 7.09. The number of ether oxygens (including phenoxy) is 1. The molecule has 2 heterocycles. The van der Waals surface area contributed by atoms with E-state index in [2.05, 4.69) is 4.99 Å². The van der Waals surface area contributed by atoms with Crippen molar-refractivity contribution in [1.29, 1.82) is 0 Å². The van der Waals surface area contributed by atoms with Gasteiger partial charge in [0.1, 0.15) is 5.60 Å². The Morgan fingerprint density at radius 2 is 1.61 bits per heavy atom. The Kier molecular flexibility index (Phi) is 6.99. The molecular formula is C23H31N5O3. The number of carbonyl (C=O) groups is 1. The van der Waals surface area contributed by atoms with Gasteiger partial charge in [-0.2, -0.15) is 0 Å². The maximum atomic E-state index is 12.2. The summed E-state index contributed by atoms with van der Waals surface area (Å²) in [4.78, 5) is 32.2. The van der Waals surface area contributed by atoms with Crippen LogP contribution in [0.3, 0.4) is 0 Å². The molecule has 0 saturated carbocycles. The molecule has 8 nitrogen and oxygen atoms in total. The van der Waals surface area contributed by atoms with E-state index in [1.54, 1.807) is 27.8 Å². The van der Waals surface area contributed by atoms with Crippen molar-refractivity contribution in [1.82, 2.24) is 14.4 Å². The number of benzene rings is 1. The molecule has 166 valence electrons. The summed E-state index contributed by atoms with van der Waals surface area (Å²) in [6, 6.07) is 13.1. The molecule has 0 bridgehead atoms. The number of nitrogens with two attached hydrogens (primary N) is 1. The van der Waals surface area contributed by atoms with E-state index >= 15 is 0 Å². The highest BCUT2D eigenvalue weighted by atomic mass is 16.6. The largest absolute Gasteiger partial charge is 0.444 e. The van der Waals surface area contributed by atoms with E-state index in [1.165, 1.54) is 0 Å². The minimum atomic E-state index is -0.499. The molecular weight excluding hydrogens is 394 g/mol. The monoisotopic (exact) mass is 425 g/mol. The van der Waals surface area contributed by atoms with Crippen molar-refractivity contribution in [3.05, 3.63) is 70.1 Å². The summed E-state index contributed by atoms with van der Waals surface area (Å²) in [7, 11) is 0. The predicted octanol–water partition coefficient (Wildman–Crippen LogP) is 2.26. The van der Waals surface area contributed by atoms with Crippen LogP contribution in [0.4, 0.5) is 4.79 Å². The molecule has 2 N–H and O–H groups in total. The molecule has 2 aromatic rings. The number of hydrogen-bond acceptors (Lipinski definition) is 4. The van der Waals surface area contributed by atoms with E-state index in [0.717, 1.165) is 11.1 Å². The average molecular weight is 426 g/mol. The molecule has 1 amide bonds. The second-order valence-electron chi connectivity index (χ2n) is 8.61. The molecule has 31 heavy (non-hydrogen) atoms. The van der Waals surface area contributed by atoms with Crippen molar-refractivity contribution in [2.45, 2.75) is 39.5 Å². The molecule has 8 heteroatoms. The van der Waals surface area contributed by atoms with Gasteiger partial charge in [0.15, 0.2) is 5.96 Å².